The highest BCUT2D eigenvalue weighted by molar-refractivity contribution is 5.90. The van der Waals surface area contributed by atoms with E-state index in [1.54, 1.807) is 12.2 Å². The van der Waals surface area contributed by atoms with E-state index in [2.05, 4.69) is 0 Å². The molecule has 0 saturated carbocycles. The lowest BCUT2D eigenvalue weighted by Gasteiger charge is -2.17. The van der Waals surface area contributed by atoms with Gasteiger partial charge in [-0.1, -0.05) is 78.9 Å². The minimum atomic E-state index is -0.527. The van der Waals surface area contributed by atoms with Crippen LogP contribution in [0.5, 0.6) is 0 Å². The number of hydrogen-bond donors (Lipinski definition) is 2. The van der Waals surface area contributed by atoms with Crippen LogP contribution in [0.25, 0.3) is 6.08 Å². The number of hydrogen-bond acceptors (Lipinski definition) is 2. The first-order valence-electron chi connectivity index (χ1n) is 8.66. The Kier molecular flexibility index (Phi) is 10.3. The van der Waals surface area contributed by atoms with Gasteiger partial charge in [-0.3, -0.25) is 4.79 Å². The van der Waals surface area contributed by atoms with Gasteiger partial charge in [-0.15, -0.1) is 0 Å². The second-order valence-electron chi connectivity index (χ2n) is 6.08. The number of ketones is 1. The molecule has 2 atom stereocenters. The maximum absolute atomic E-state index is 11.9. The largest absolute Gasteiger partial charge is 1.00 e. The predicted octanol–water partition coefficient (Wildman–Crippen LogP) is -0.0953. The van der Waals surface area contributed by atoms with E-state index in [1.165, 1.54) is 0 Å². The topological polar surface area (TPSA) is 53.9 Å². The van der Waals surface area contributed by atoms with Gasteiger partial charge in [-0.05, 0) is 24.1 Å². The molecule has 2 aromatic rings. The van der Waals surface area contributed by atoms with E-state index in [4.69, 9.17) is 0 Å². The van der Waals surface area contributed by atoms with Crippen LogP contribution in [0.2, 0.25) is 0 Å². The fourth-order valence-electron chi connectivity index (χ4n) is 2.55. The number of carbonyl (C=O) groups excluding carboxylic acids is 1. The fraction of sp³-hybridized carbons (Fsp3) is 0.227. The minimum absolute atomic E-state index is 0. The van der Waals surface area contributed by atoms with Crippen LogP contribution >= 0.6 is 0 Å². The number of nitrogens with two attached hydrogens (primary N) is 1. The molecule has 0 bridgehead atoms. The summed E-state index contributed by atoms with van der Waals surface area (Å²) < 4.78 is 0. The number of allylic oxidation sites excluding steroid dienone is 3. The molecule has 0 radical (unpaired) electrons. The highest BCUT2D eigenvalue weighted by Crippen LogP contribution is 2.13. The number of aliphatic hydroxyl groups excluding tert-OH is 1. The first-order valence-corrected chi connectivity index (χ1v) is 8.66. The van der Waals surface area contributed by atoms with Gasteiger partial charge in [0.1, 0.15) is 12.1 Å². The predicted molar refractivity (Wildman–Crippen MR) is 102 cm³/mol. The molecule has 138 valence electrons. The standard InChI is InChI=1S/C22H25NO2.ClH/c1-18(22(25)20-13-6-3-7-14-20)23-17-16-21(24)15-9-8-12-19-10-4-2-5-11-19;/h2-15,18,22-23,25H,16-17H2,1H3;1H/b12-8+,15-9+;. The molecule has 3 nitrogen and oxygen atoms in total. The van der Waals surface area contributed by atoms with Crippen LogP contribution in [0.3, 0.4) is 0 Å². The van der Waals surface area contributed by atoms with Gasteiger partial charge < -0.3 is 22.8 Å². The summed E-state index contributed by atoms with van der Waals surface area (Å²) in [7, 11) is 0. The third-order valence-corrected chi connectivity index (χ3v) is 4.05. The highest BCUT2D eigenvalue weighted by atomic mass is 35.5. The smallest absolute Gasteiger partial charge is 0.161 e. The SMILES string of the molecule is CC([NH2+]CCC(=O)/C=C/C=C/c1ccccc1)C(O)c1ccccc1.[Cl-]. The molecule has 0 aliphatic carbocycles. The molecule has 0 fully saturated rings. The zero-order valence-electron chi connectivity index (χ0n) is 15.0. The Morgan fingerprint density at radius 3 is 2.31 bits per heavy atom. The van der Waals surface area contributed by atoms with Gasteiger partial charge in [0.05, 0.1) is 13.0 Å². The fourth-order valence-corrected chi connectivity index (χ4v) is 2.55. The van der Waals surface area contributed by atoms with Crippen molar-refractivity contribution in [3.8, 4) is 0 Å². The number of rotatable bonds is 9. The molecule has 2 rings (SSSR count). The molecule has 0 amide bonds. The van der Waals surface area contributed by atoms with Gasteiger partial charge >= 0.3 is 0 Å². The average Bonchev–Trinajstić information content (AvgIpc) is 2.66. The van der Waals surface area contributed by atoms with E-state index in [9.17, 15) is 9.90 Å². The molecule has 4 heteroatoms. The molecule has 0 aromatic heterocycles. The number of carbonyl (C=O) groups is 1. The van der Waals surface area contributed by atoms with Gasteiger partial charge in [-0.2, -0.15) is 0 Å². The van der Waals surface area contributed by atoms with Crippen molar-refractivity contribution in [2.75, 3.05) is 6.54 Å². The molecule has 0 aliphatic rings. The van der Waals surface area contributed by atoms with Gasteiger partial charge in [0.2, 0.25) is 0 Å². The van der Waals surface area contributed by atoms with Crippen molar-refractivity contribution >= 4 is 11.9 Å². The van der Waals surface area contributed by atoms with Crippen molar-refractivity contribution in [2.24, 2.45) is 0 Å². The summed E-state index contributed by atoms with van der Waals surface area (Å²) in [6.07, 6.45) is 7.15. The summed E-state index contributed by atoms with van der Waals surface area (Å²) >= 11 is 0. The van der Waals surface area contributed by atoms with Crippen LogP contribution in [-0.4, -0.2) is 23.5 Å². The maximum Gasteiger partial charge on any atom is 0.161 e. The van der Waals surface area contributed by atoms with Crippen LogP contribution in [0, 0.1) is 0 Å². The summed E-state index contributed by atoms with van der Waals surface area (Å²) in [5.74, 6) is 0.0929. The second-order valence-corrected chi connectivity index (χ2v) is 6.08. The lowest BCUT2D eigenvalue weighted by Crippen LogP contribution is -3.00. The highest BCUT2D eigenvalue weighted by Gasteiger charge is 2.18. The maximum atomic E-state index is 11.9. The van der Waals surface area contributed by atoms with E-state index in [1.807, 2.05) is 85.1 Å². The molecular weight excluding hydrogens is 346 g/mol. The third kappa shape index (κ3) is 7.79. The second kappa shape index (κ2) is 12.2. The van der Waals surface area contributed by atoms with Crippen LogP contribution in [0.15, 0.2) is 78.9 Å². The lowest BCUT2D eigenvalue weighted by atomic mass is 10.0. The Morgan fingerprint density at radius 1 is 1.04 bits per heavy atom. The normalized spacial score (nSPS) is 13.5. The number of quaternary nitrogens is 1. The molecule has 0 heterocycles. The summed E-state index contributed by atoms with van der Waals surface area (Å²) in [5, 5.41) is 12.3. The average molecular weight is 372 g/mol. The summed E-state index contributed by atoms with van der Waals surface area (Å²) in [4.78, 5) is 11.9. The van der Waals surface area contributed by atoms with E-state index < -0.39 is 6.10 Å². The van der Waals surface area contributed by atoms with Crippen molar-refractivity contribution in [1.82, 2.24) is 0 Å². The third-order valence-electron chi connectivity index (χ3n) is 4.05. The molecule has 0 spiro atoms. The van der Waals surface area contributed by atoms with Crippen LogP contribution in [0.4, 0.5) is 0 Å². The summed E-state index contributed by atoms with van der Waals surface area (Å²) in [5.41, 5.74) is 2.01. The van der Waals surface area contributed by atoms with Gasteiger partial charge in [0, 0.05) is 0 Å². The first kappa shape index (κ1) is 21.8. The quantitative estimate of drug-likeness (QED) is 0.478. The monoisotopic (exact) mass is 371 g/mol. The number of halogens is 1. The van der Waals surface area contributed by atoms with E-state index in [-0.39, 0.29) is 24.2 Å². The summed E-state index contributed by atoms with van der Waals surface area (Å²) in [6, 6.07) is 19.6. The number of benzene rings is 2. The Bertz CT molecular complexity index is 699. The van der Waals surface area contributed by atoms with Crippen LogP contribution in [-0.2, 0) is 4.79 Å². The van der Waals surface area contributed by atoms with Crippen molar-refractivity contribution in [2.45, 2.75) is 25.5 Å². The van der Waals surface area contributed by atoms with Gasteiger partial charge in [0.15, 0.2) is 5.78 Å². The molecule has 0 saturated heterocycles. The van der Waals surface area contributed by atoms with Crippen LogP contribution < -0.4 is 17.7 Å². The Labute approximate surface area is 161 Å². The number of aliphatic hydroxyl groups is 1. The van der Waals surface area contributed by atoms with Gasteiger partial charge in [-0.25, -0.2) is 0 Å². The minimum Gasteiger partial charge on any atom is -1.00 e. The van der Waals surface area contributed by atoms with E-state index in [0.717, 1.165) is 11.1 Å². The molecule has 26 heavy (non-hydrogen) atoms. The Morgan fingerprint density at radius 2 is 1.65 bits per heavy atom. The zero-order chi connectivity index (χ0) is 17.9. The molecule has 2 aromatic carbocycles. The zero-order valence-corrected chi connectivity index (χ0v) is 15.7. The van der Waals surface area contributed by atoms with Crippen molar-refractivity contribution in [1.29, 1.82) is 0 Å². The Hall–Kier alpha value is -2.20. The molecule has 0 aliphatic heterocycles. The molecule has 2 unspecified atom stereocenters. The summed E-state index contributed by atoms with van der Waals surface area (Å²) in [6.45, 7) is 2.64. The van der Waals surface area contributed by atoms with E-state index >= 15 is 0 Å². The van der Waals surface area contributed by atoms with Crippen molar-refractivity contribution in [3.63, 3.8) is 0 Å². The van der Waals surface area contributed by atoms with Crippen molar-refractivity contribution in [3.05, 3.63) is 90.0 Å². The van der Waals surface area contributed by atoms with Crippen LogP contribution in [0.1, 0.15) is 30.6 Å². The van der Waals surface area contributed by atoms with E-state index in [0.29, 0.717) is 13.0 Å². The van der Waals surface area contributed by atoms with Crippen molar-refractivity contribution < 1.29 is 27.6 Å². The first-order chi connectivity index (χ1) is 12.2. The van der Waals surface area contributed by atoms with Gasteiger partial charge in [0.25, 0.3) is 0 Å². The molecular formula is C22H26ClNO2. The lowest BCUT2D eigenvalue weighted by molar-refractivity contribution is -0.693. The Balaban J connectivity index is 0.00000338. The molecule has 3 N–H and O–H groups in total.